The zero-order chi connectivity index (χ0) is 16.8. The maximum Gasteiger partial charge on any atom is 0.235 e. The van der Waals surface area contributed by atoms with E-state index in [0.29, 0.717) is 5.02 Å². The van der Waals surface area contributed by atoms with Crippen molar-refractivity contribution in [3.63, 3.8) is 0 Å². The van der Waals surface area contributed by atoms with Crippen molar-refractivity contribution in [3.8, 4) is 0 Å². The van der Waals surface area contributed by atoms with Crippen LogP contribution in [0, 0.1) is 0 Å². The van der Waals surface area contributed by atoms with Crippen molar-refractivity contribution in [3.05, 3.63) is 34.9 Å². The first kappa shape index (κ1) is 18.9. The summed E-state index contributed by atoms with van der Waals surface area (Å²) in [5, 5.41) is 3.40. The molecule has 1 atom stereocenters. The molecule has 0 fully saturated rings. The molecule has 0 unspecified atom stereocenters. The van der Waals surface area contributed by atoms with Gasteiger partial charge in [0.1, 0.15) is 0 Å². The third-order valence-electron chi connectivity index (χ3n) is 3.19. The normalized spacial score (nSPS) is 13.1. The Bertz CT molecular complexity index is 587. The van der Waals surface area contributed by atoms with Gasteiger partial charge in [-0.2, -0.15) is 4.31 Å². The van der Waals surface area contributed by atoms with Crippen LogP contribution < -0.4 is 5.32 Å². The second-order valence-electron chi connectivity index (χ2n) is 5.41. The third kappa shape index (κ3) is 6.77. The molecule has 5 nitrogen and oxygen atoms in total. The summed E-state index contributed by atoms with van der Waals surface area (Å²) >= 11 is 5.81. The molecule has 0 heterocycles. The molecule has 0 aliphatic rings. The highest BCUT2D eigenvalue weighted by Gasteiger charge is 2.21. The van der Waals surface area contributed by atoms with E-state index in [0.717, 1.165) is 29.0 Å². The van der Waals surface area contributed by atoms with Crippen molar-refractivity contribution in [2.75, 3.05) is 12.8 Å². The highest BCUT2D eigenvalue weighted by Crippen LogP contribution is 2.13. The number of carbonyl (C=O) groups is 1. The zero-order valence-electron chi connectivity index (χ0n) is 13.2. The number of amides is 1. The first-order valence-electron chi connectivity index (χ1n) is 7.21. The predicted molar refractivity (Wildman–Crippen MR) is 89.2 cm³/mol. The molecular weight excluding hydrogens is 324 g/mol. The summed E-state index contributed by atoms with van der Waals surface area (Å²) in [5.41, 5.74) is 0.782. The van der Waals surface area contributed by atoms with E-state index in [-0.39, 0.29) is 25.0 Å². The number of hydrogen-bond acceptors (Lipinski definition) is 3. The molecule has 0 saturated heterocycles. The van der Waals surface area contributed by atoms with E-state index in [1.165, 1.54) is 0 Å². The Kier molecular flexibility index (Phi) is 7.32. The lowest BCUT2D eigenvalue weighted by atomic mass is 10.2. The molecule has 0 bridgehead atoms. The van der Waals surface area contributed by atoms with Crippen molar-refractivity contribution >= 4 is 27.5 Å². The van der Waals surface area contributed by atoms with Crippen molar-refractivity contribution in [2.45, 2.75) is 39.3 Å². The van der Waals surface area contributed by atoms with Gasteiger partial charge in [0.05, 0.1) is 12.8 Å². The van der Waals surface area contributed by atoms with Gasteiger partial charge in [-0.05, 0) is 31.0 Å². The Labute approximate surface area is 137 Å². The van der Waals surface area contributed by atoms with Crippen molar-refractivity contribution < 1.29 is 13.2 Å². The molecule has 1 rings (SSSR count). The van der Waals surface area contributed by atoms with Crippen LogP contribution in [0.1, 0.15) is 32.3 Å². The second kappa shape index (κ2) is 8.50. The minimum atomic E-state index is -3.48. The Morgan fingerprint density at radius 3 is 2.41 bits per heavy atom. The summed E-state index contributed by atoms with van der Waals surface area (Å²) in [6.45, 7) is 3.90. The summed E-state index contributed by atoms with van der Waals surface area (Å²) in [6.07, 6.45) is 2.93. The van der Waals surface area contributed by atoms with Gasteiger partial charge in [0.15, 0.2) is 0 Å². The fourth-order valence-corrected chi connectivity index (χ4v) is 2.93. The Morgan fingerprint density at radius 1 is 1.32 bits per heavy atom. The highest BCUT2D eigenvalue weighted by molar-refractivity contribution is 7.88. The number of nitrogens with zero attached hydrogens (tertiary/aromatic N) is 1. The summed E-state index contributed by atoms with van der Waals surface area (Å²) < 4.78 is 24.9. The Morgan fingerprint density at radius 2 is 1.91 bits per heavy atom. The zero-order valence-corrected chi connectivity index (χ0v) is 14.7. The third-order valence-corrected chi connectivity index (χ3v) is 4.64. The van der Waals surface area contributed by atoms with Crippen LogP contribution in [0.5, 0.6) is 0 Å². The lowest BCUT2D eigenvalue weighted by Crippen LogP contribution is -2.42. The average molecular weight is 347 g/mol. The maximum atomic E-state index is 12.0. The molecule has 0 aliphatic carbocycles. The van der Waals surface area contributed by atoms with Gasteiger partial charge in [0, 0.05) is 17.6 Å². The summed E-state index contributed by atoms with van der Waals surface area (Å²) in [4.78, 5) is 12.0. The number of halogens is 1. The van der Waals surface area contributed by atoms with Crippen LogP contribution in [0.2, 0.25) is 5.02 Å². The monoisotopic (exact) mass is 346 g/mol. The molecule has 0 saturated carbocycles. The van der Waals surface area contributed by atoms with E-state index >= 15 is 0 Å². The van der Waals surface area contributed by atoms with Crippen LogP contribution >= 0.6 is 11.6 Å². The van der Waals surface area contributed by atoms with Crippen LogP contribution in [0.3, 0.4) is 0 Å². The fourth-order valence-electron chi connectivity index (χ4n) is 2.07. The quantitative estimate of drug-likeness (QED) is 0.786. The topological polar surface area (TPSA) is 66.5 Å². The van der Waals surface area contributed by atoms with Gasteiger partial charge in [-0.15, -0.1) is 0 Å². The van der Waals surface area contributed by atoms with E-state index in [9.17, 15) is 13.2 Å². The standard InChI is InChI=1S/C15H23ClN2O3S/c1-4-5-12(2)17-15(19)11-18(22(3,20)21)10-13-6-8-14(16)9-7-13/h6-9,12H,4-5,10-11H2,1-3H3,(H,17,19)/t12-/m1/s1. The molecule has 1 aromatic rings. The van der Waals surface area contributed by atoms with Gasteiger partial charge < -0.3 is 5.32 Å². The van der Waals surface area contributed by atoms with Crippen LogP contribution in [-0.4, -0.2) is 37.5 Å². The summed E-state index contributed by atoms with van der Waals surface area (Å²) in [5.74, 6) is -0.291. The number of hydrogen-bond donors (Lipinski definition) is 1. The molecule has 7 heteroatoms. The van der Waals surface area contributed by atoms with Crippen molar-refractivity contribution in [1.29, 1.82) is 0 Å². The fraction of sp³-hybridized carbons (Fsp3) is 0.533. The van der Waals surface area contributed by atoms with Crippen LogP contribution in [0.25, 0.3) is 0 Å². The van der Waals surface area contributed by atoms with E-state index in [4.69, 9.17) is 11.6 Å². The lowest BCUT2D eigenvalue weighted by Gasteiger charge is -2.21. The van der Waals surface area contributed by atoms with Crippen molar-refractivity contribution in [1.82, 2.24) is 9.62 Å². The minimum absolute atomic E-state index is 0.0365. The van der Waals surface area contributed by atoms with Crippen LogP contribution in [0.4, 0.5) is 0 Å². The molecule has 0 radical (unpaired) electrons. The number of carbonyl (C=O) groups excluding carboxylic acids is 1. The SMILES string of the molecule is CCC[C@@H](C)NC(=O)CN(Cc1ccc(Cl)cc1)S(C)(=O)=O. The van der Waals surface area contributed by atoms with Crippen molar-refractivity contribution in [2.24, 2.45) is 0 Å². The molecule has 1 amide bonds. The molecular formula is C15H23ClN2O3S. The molecule has 1 aromatic carbocycles. The highest BCUT2D eigenvalue weighted by atomic mass is 35.5. The number of nitrogens with one attached hydrogen (secondary N) is 1. The molecule has 22 heavy (non-hydrogen) atoms. The van der Waals surface area contributed by atoms with Gasteiger partial charge in [-0.3, -0.25) is 4.79 Å². The van der Waals surface area contributed by atoms with Crippen LogP contribution in [0.15, 0.2) is 24.3 Å². The molecule has 0 aromatic heterocycles. The Hall–Kier alpha value is -1.11. The molecule has 1 N–H and O–H groups in total. The van der Waals surface area contributed by atoms with Gasteiger partial charge in [0.25, 0.3) is 0 Å². The summed E-state index contributed by atoms with van der Waals surface area (Å²) in [7, 11) is -3.48. The average Bonchev–Trinajstić information content (AvgIpc) is 2.39. The van der Waals surface area contributed by atoms with Gasteiger partial charge >= 0.3 is 0 Å². The van der Waals surface area contributed by atoms with Crippen LogP contribution in [-0.2, 0) is 21.4 Å². The predicted octanol–water partition coefficient (Wildman–Crippen LogP) is 2.41. The maximum absolute atomic E-state index is 12.0. The minimum Gasteiger partial charge on any atom is -0.353 e. The molecule has 0 aliphatic heterocycles. The van der Waals surface area contributed by atoms with E-state index in [1.54, 1.807) is 24.3 Å². The van der Waals surface area contributed by atoms with Gasteiger partial charge in [0.2, 0.25) is 15.9 Å². The first-order chi connectivity index (χ1) is 10.2. The lowest BCUT2D eigenvalue weighted by molar-refractivity contribution is -0.122. The van der Waals surface area contributed by atoms with Gasteiger partial charge in [-0.1, -0.05) is 37.1 Å². The number of sulfonamides is 1. The summed E-state index contributed by atoms with van der Waals surface area (Å²) in [6, 6.07) is 6.92. The Balaban J connectivity index is 2.73. The van der Waals surface area contributed by atoms with Gasteiger partial charge in [-0.25, -0.2) is 8.42 Å². The van der Waals surface area contributed by atoms with E-state index < -0.39 is 10.0 Å². The smallest absolute Gasteiger partial charge is 0.235 e. The van der Waals surface area contributed by atoms with E-state index in [1.807, 2.05) is 13.8 Å². The van der Waals surface area contributed by atoms with E-state index in [2.05, 4.69) is 5.32 Å². The second-order valence-corrected chi connectivity index (χ2v) is 7.83. The number of benzene rings is 1. The first-order valence-corrected chi connectivity index (χ1v) is 9.44. The number of rotatable bonds is 8. The largest absolute Gasteiger partial charge is 0.353 e. The molecule has 0 spiro atoms. The molecule has 124 valence electrons.